The van der Waals surface area contributed by atoms with Gasteiger partial charge in [-0.15, -0.1) is 0 Å². The summed E-state index contributed by atoms with van der Waals surface area (Å²) in [4.78, 5) is 29.2. The molecule has 0 bridgehead atoms. The molecule has 9 nitrogen and oxygen atoms in total. The van der Waals surface area contributed by atoms with Gasteiger partial charge in [-0.25, -0.2) is 4.39 Å². The average molecular weight is 619 g/mol. The number of nitrogens with zero attached hydrogens (tertiary/aromatic N) is 5. The number of carbonyl (C=O) groups is 1. The van der Waals surface area contributed by atoms with Gasteiger partial charge in [0.2, 0.25) is 0 Å². The molecule has 5 heterocycles. The van der Waals surface area contributed by atoms with Crippen molar-refractivity contribution in [3.63, 3.8) is 0 Å². The molecular formula is C35H47FN6O3. The SMILES string of the molecule is C=C(F)C(=O)N1CCN(c2nc(OCC34CCCN3CCC4)nc3c2[C@@H](C)O[C@@H](c2cccc4c2CCCC4)C3)C[C@@H]1CNC. The molecule has 3 atom stereocenters. The van der Waals surface area contributed by atoms with E-state index >= 15 is 0 Å². The number of hydrogen-bond donors (Lipinski definition) is 1. The topological polar surface area (TPSA) is 83.1 Å². The second-order valence-corrected chi connectivity index (χ2v) is 13.6. The van der Waals surface area contributed by atoms with Crippen molar-refractivity contribution in [3.05, 3.63) is 58.6 Å². The number of aryl methyl sites for hydroxylation is 1. The summed E-state index contributed by atoms with van der Waals surface area (Å²) in [6.45, 7) is 10.1. The first kappa shape index (κ1) is 30.6. The molecule has 2 aromatic rings. The number of piperazine rings is 1. The maximum atomic E-state index is 14.0. The number of likely N-dealkylation sites (N-methyl/N-ethyl adjacent to an activating group) is 1. The number of hydrogen-bond acceptors (Lipinski definition) is 8. The highest BCUT2D eigenvalue weighted by Gasteiger charge is 2.45. The van der Waals surface area contributed by atoms with Crippen molar-refractivity contribution in [2.75, 3.05) is 57.8 Å². The fraction of sp³-hybridized carbons (Fsp3) is 0.629. The lowest BCUT2D eigenvalue weighted by molar-refractivity contribution is -0.131. The van der Waals surface area contributed by atoms with Crippen LogP contribution in [0.25, 0.3) is 0 Å². The molecule has 45 heavy (non-hydrogen) atoms. The van der Waals surface area contributed by atoms with Gasteiger partial charge in [0.05, 0.1) is 29.5 Å². The molecule has 1 aromatic heterocycles. The predicted molar refractivity (Wildman–Crippen MR) is 171 cm³/mol. The molecule has 1 amide bonds. The van der Waals surface area contributed by atoms with Gasteiger partial charge >= 0.3 is 6.01 Å². The van der Waals surface area contributed by atoms with Gasteiger partial charge < -0.3 is 24.6 Å². The number of benzene rings is 1. The summed E-state index contributed by atoms with van der Waals surface area (Å²) in [6.07, 6.45) is 9.73. The number of halogens is 1. The van der Waals surface area contributed by atoms with Gasteiger partial charge in [-0.3, -0.25) is 9.69 Å². The second kappa shape index (κ2) is 12.6. The van der Waals surface area contributed by atoms with Gasteiger partial charge in [0.25, 0.3) is 5.91 Å². The fourth-order valence-corrected chi connectivity index (χ4v) is 8.73. The Morgan fingerprint density at radius 3 is 2.71 bits per heavy atom. The van der Waals surface area contributed by atoms with Crippen LogP contribution in [0.5, 0.6) is 6.01 Å². The fourth-order valence-electron chi connectivity index (χ4n) is 8.73. The first-order valence-electron chi connectivity index (χ1n) is 17.0. The van der Waals surface area contributed by atoms with Gasteiger partial charge in [0, 0.05) is 38.2 Å². The van der Waals surface area contributed by atoms with Crippen LogP contribution in [0.3, 0.4) is 0 Å². The van der Waals surface area contributed by atoms with Gasteiger partial charge in [-0.1, -0.05) is 24.8 Å². The van der Waals surface area contributed by atoms with Crippen LogP contribution < -0.4 is 15.0 Å². The Morgan fingerprint density at radius 2 is 1.93 bits per heavy atom. The van der Waals surface area contributed by atoms with Crippen LogP contribution in [0.15, 0.2) is 30.6 Å². The monoisotopic (exact) mass is 618 g/mol. The van der Waals surface area contributed by atoms with Crippen LogP contribution in [0, 0.1) is 0 Å². The first-order chi connectivity index (χ1) is 21.9. The van der Waals surface area contributed by atoms with E-state index in [0.29, 0.717) is 45.2 Å². The van der Waals surface area contributed by atoms with Crippen LogP contribution in [0.1, 0.15) is 85.6 Å². The van der Waals surface area contributed by atoms with Crippen molar-refractivity contribution >= 4 is 11.7 Å². The Kier molecular flexibility index (Phi) is 8.56. The van der Waals surface area contributed by atoms with E-state index in [4.69, 9.17) is 19.4 Å². The lowest BCUT2D eigenvalue weighted by Gasteiger charge is -2.43. The largest absolute Gasteiger partial charge is 0.461 e. The van der Waals surface area contributed by atoms with Crippen LogP contribution in [0.2, 0.25) is 0 Å². The Morgan fingerprint density at radius 1 is 1.13 bits per heavy atom. The summed E-state index contributed by atoms with van der Waals surface area (Å²) in [5.41, 5.74) is 6.22. The van der Waals surface area contributed by atoms with E-state index in [1.165, 1.54) is 42.4 Å². The minimum atomic E-state index is -0.928. The molecule has 4 aliphatic heterocycles. The average Bonchev–Trinajstić information content (AvgIpc) is 3.63. The van der Waals surface area contributed by atoms with E-state index in [1.54, 1.807) is 4.90 Å². The van der Waals surface area contributed by atoms with E-state index in [2.05, 4.69) is 46.8 Å². The van der Waals surface area contributed by atoms with E-state index in [0.717, 1.165) is 55.8 Å². The van der Waals surface area contributed by atoms with Crippen molar-refractivity contribution in [1.82, 2.24) is 25.1 Å². The quantitative estimate of drug-likeness (QED) is 0.435. The third kappa shape index (κ3) is 5.74. The Hall–Kier alpha value is -3.08. The zero-order valence-corrected chi connectivity index (χ0v) is 26.8. The third-order valence-electron chi connectivity index (χ3n) is 10.9. The standard InChI is InChI=1S/C35H47FN6O3/c1-23(36)33(43)42-18-17-40(21-26(42)20-37-3)32-31-24(2)45-30(28-12-6-10-25-9-4-5-11-27(25)28)19-29(31)38-34(39-32)44-22-35-13-7-15-41(35)16-8-14-35/h6,10,12,24,26,30,37H,1,4-5,7-9,11,13-22H2,2-3H3/t24-,26+,30-/m1/s1. The second-order valence-electron chi connectivity index (χ2n) is 13.6. The summed E-state index contributed by atoms with van der Waals surface area (Å²) in [7, 11) is 1.84. The van der Waals surface area contributed by atoms with Crippen molar-refractivity contribution in [1.29, 1.82) is 0 Å². The summed E-state index contributed by atoms with van der Waals surface area (Å²) >= 11 is 0. The van der Waals surface area contributed by atoms with Gasteiger partial charge in [0.15, 0.2) is 5.83 Å². The van der Waals surface area contributed by atoms with Crippen LogP contribution in [-0.4, -0.2) is 90.2 Å². The van der Waals surface area contributed by atoms with Crippen LogP contribution in [0.4, 0.5) is 10.2 Å². The zero-order chi connectivity index (χ0) is 31.1. The molecule has 0 spiro atoms. The first-order valence-corrected chi connectivity index (χ1v) is 17.0. The Labute approximate surface area is 266 Å². The van der Waals surface area contributed by atoms with E-state index in [-0.39, 0.29) is 23.8 Å². The Balaban J connectivity index is 1.23. The molecule has 1 N–H and O–H groups in total. The van der Waals surface area contributed by atoms with Crippen molar-refractivity contribution in [2.24, 2.45) is 0 Å². The number of aromatic nitrogens is 2. The van der Waals surface area contributed by atoms with Crippen molar-refractivity contribution < 1.29 is 18.7 Å². The zero-order valence-electron chi connectivity index (χ0n) is 26.8. The third-order valence-corrected chi connectivity index (χ3v) is 10.9. The molecule has 0 unspecified atom stereocenters. The van der Waals surface area contributed by atoms with Crippen molar-refractivity contribution in [2.45, 2.75) is 88.5 Å². The minimum Gasteiger partial charge on any atom is -0.461 e. The number of fused-ring (bicyclic) bond motifs is 3. The molecule has 3 saturated heterocycles. The molecule has 1 aliphatic carbocycles. The molecule has 5 aliphatic rings. The molecule has 10 heteroatoms. The highest BCUT2D eigenvalue weighted by Crippen LogP contribution is 2.44. The summed E-state index contributed by atoms with van der Waals surface area (Å²) in [5.74, 6) is -0.773. The molecule has 242 valence electrons. The maximum Gasteiger partial charge on any atom is 0.318 e. The van der Waals surface area contributed by atoms with Gasteiger partial charge in [-0.05, 0) is 95.1 Å². The molecule has 7 rings (SSSR count). The van der Waals surface area contributed by atoms with Crippen LogP contribution in [-0.2, 0) is 28.8 Å². The lowest BCUT2D eigenvalue weighted by Crippen LogP contribution is -2.58. The lowest BCUT2D eigenvalue weighted by atomic mass is 9.84. The number of rotatable bonds is 8. The number of nitrogens with one attached hydrogen (secondary N) is 1. The van der Waals surface area contributed by atoms with Gasteiger partial charge in [-0.2, -0.15) is 9.97 Å². The van der Waals surface area contributed by atoms with E-state index < -0.39 is 11.7 Å². The predicted octanol–water partition coefficient (Wildman–Crippen LogP) is 4.46. The van der Waals surface area contributed by atoms with Gasteiger partial charge in [0.1, 0.15) is 12.4 Å². The number of amides is 1. The summed E-state index contributed by atoms with van der Waals surface area (Å²) < 4.78 is 27.3. The molecule has 3 fully saturated rings. The highest BCUT2D eigenvalue weighted by atomic mass is 19.1. The van der Waals surface area contributed by atoms with Crippen LogP contribution >= 0.6 is 0 Å². The van der Waals surface area contributed by atoms with E-state index in [1.807, 2.05) is 7.05 Å². The minimum absolute atomic E-state index is 0.0834. The number of anilines is 1. The molecular weight excluding hydrogens is 571 g/mol. The summed E-state index contributed by atoms with van der Waals surface area (Å²) in [6, 6.07) is 6.85. The molecule has 0 radical (unpaired) electrons. The molecule has 0 saturated carbocycles. The number of carbonyl (C=O) groups excluding carboxylic acids is 1. The van der Waals surface area contributed by atoms with Crippen molar-refractivity contribution in [3.8, 4) is 6.01 Å². The summed E-state index contributed by atoms with van der Waals surface area (Å²) in [5, 5.41) is 3.18. The number of ether oxygens (including phenoxy) is 2. The smallest absolute Gasteiger partial charge is 0.318 e. The normalized spacial score (nSPS) is 25.9. The Bertz CT molecular complexity index is 1440. The maximum absolute atomic E-state index is 14.0. The highest BCUT2D eigenvalue weighted by molar-refractivity contribution is 5.91. The molecule has 1 aromatic carbocycles. The van der Waals surface area contributed by atoms with E-state index in [9.17, 15) is 9.18 Å².